The van der Waals surface area contributed by atoms with Crippen molar-refractivity contribution in [3.8, 4) is 0 Å². The van der Waals surface area contributed by atoms with Crippen molar-refractivity contribution in [1.29, 1.82) is 0 Å². The van der Waals surface area contributed by atoms with Gasteiger partial charge in [-0.15, -0.1) is 0 Å². The third-order valence-corrected chi connectivity index (χ3v) is 13.0. The van der Waals surface area contributed by atoms with Crippen LogP contribution in [0.1, 0.15) is 155 Å². The Morgan fingerprint density at radius 2 is 0.765 bits per heavy atom. The lowest BCUT2D eigenvalue weighted by Crippen LogP contribution is -2.61. The van der Waals surface area contributed by atoms with Crippen molar-refractivity contribution in [2.45, 2.75) is 223 Å². The van der Waals surface area contributed by atoms with Gasteiger partial charge in [-0.2, -0.15) is 0 Å². The predicted octanol–water partition coefficient (Wildman–Crippen LogP) is 11.4. The molecule has 0 spiro atoms. The van der Waals surface area contributed by atoms with E-state index in [0.29, 0.717) is 13.0 Å². The minimum Gasteiger partial charge on any atom is -0.457 e. The van der Waals surface area contributed by atoms with E-state index in [1.165, 1.54) is 0 Å². The molecule has 0 bridgehead atoms. The molecule has 11 unspecified atom stereocenters. The van der Waals surface area contributed by atoms with E-state index in [4.69, 9.17) is 28.4 Å². The highest BCUT2D eigenvalue weighted by molar-refractivity contribution is 5.69. The summed E-state index contributed by atoms with van der Waals surface area (Å²) in [5.41, 5.74) is 0. The first-order valence-corrected chi connectivity index (χ1v) is 30.1. The molecular formula is C67H104O14. The van der Waals surface area contributed by atoms with E-state index in [2.05, 4.69) is 172 Å². The van der Waals surface area contributed by atoms with Crippen molar-refractivity contribution in [2.75, 3.05) is 33.0 Å². The van der Waals surface area contributed by atoms with Gasteiger partial charge in [-0.25, -0.2) is 0 Å². The maximum atomic E-state index is 13.1. The lowest BCUT2D eigenvalue weighted by atomic mass is 9.98. The third-order valence-electron chi connectivity index (χ3n) is 13.0. The fraction of sp³-hybridized carbons (Fsp3) is 0.597. The average Bonchev–Trinajstić information content (AvgIpc) is 3.60. The molecule has 0 aromatic rings. The maximum Gasteiger partial charge on any atom is 0.306 e. The van der Waals surface area contributed by atoms with Gasteiger partial charge in [0.2, 0.25) is 0 Å². The van der Waals surface area contributed by atoms with Gasteiger partial charge in [0.1, 0.15) is 54.9 Å². The van der Waals surface area contributed by atoms with Gasteiger partial charge in [-0.3, -0.25) is 4.79 Å². The number of unbranched alkanes of at least 4 members (excludes halogenated alkanes) is 6. The Bertz CT molecular complexity index is 1940. The molecule has 0 radical (unpaired) electrons. The summed E-state index contributed by atoms with van der Waals surface area (Å²) in [6, 6.07) is 0. The number of hydrogen-bond acceptors (Lipinski definition) is 14. The van der Waals surface area contributed by atoms with Crippen LogP contribution < -0.4 is 0 Å². The highest BCUT2D eigenvalue weighted by atomic mass is 16.7. The van der Waals surface area contributed by atoms with Crippen LogP contribution in [0.2, 0.25) is 0 Å². The van der Waals surface area contributed by atoms with E-state index in [1.54, 1.807) is 0 Å². The second-order valence-electron chi connectivity index (χ2n) is 20.1. The number of carbonyl (C=O) groups is 1. The first-order chi connectivity index (χ1) is 39.6. The number of carbonyl (C=O) groups excluding carboxylic acids is 1. The molecule has 456 valence electrons. The van der Waals surface area contributed by atoms with Crippen molar-refractivity contribution in [2.24, 2.45) is 0 Å². The molecule has 11 atom stereocenters. The standard InChI is InChI=1S/C67H104O14/c1-3-5-7-9-11-13-15-17-19-21-23-25-26-27-28-29-31-33-35-37-39-41-43-45-47-49-51-76-53-56(54-77-66-65(75)63(73)61(71)58(81-66)55-78-67-64(74)62(72)60(70)57(52-68)80-67)79-59(69)50-48-46-44-42-40-38-36-34-32-30-24-22-20-18-16-14-12-10-8-6-4-2/h5-8,11-14,17-20,23-25,27-28,30-31,33-34,36-37,39-40,42,56-58,60-68,70-75H,3-4,9-10,15-16,21-22,26,29,32,35,38,41,43-55H2,1-2H3/b7-5-,8-6-,13-11-,14-12-,19-17-,20-18-,25-23-,28-27-,30-24-,33-31-,36-34-,39-37-,42-40-. The Hall–Kier alpha value is -4.39. The van der Waals surface area contributed by atoms with Crippen LogP contribution in [0.5, 0.6) is 0 Å². The minimum atomic E-state index is -1.73. The van der Waals surface area contributed by atoms with Crippen LogP contribution >= 0.6 is 0 Å². The van der Waals surface area contributed by atoms with Gasteiger partial charge in [0.15, 0.2) is 12.6 Å². The summed E-state index contributed by atoms with van der Waals surface area (Å²) in [7, 11) is 0. The van der Waals surface area contributed by atoms with Crippen LogP contribution in [-0.2, 0) is 33.2 Å². The zero-order chi connectivity index (χ0) is 58.6. The fourth-order valence-electron chi connectivity index (χ4n) is 8.27. The molecule has 81 heavy (non-hydrogen) atoms. The van der Waals surface area contributed by atoms with Gasteiger partial charge in [-0.05, 0) is 122 Å². The van der Waals surface area contributed by atoms with E-state index in [1.807, 2.05) is 0 Å². The normalized spacial score (nSPS) is 24.9. The monoisotopic (exact) mass is 1130 g/mol. The number of hydrogen-bond donors (Lipinski definition) is 7. The van der Waals surface area contributed by atoms with E-state index in [-0.39, 0.29) is 19.6 Å². The summed E-state index contributed by atoms with van der Waals surface area (Å²) in [6.45, 7) is 3.30. The summed E-state index contributed by atoms with van der Waals surface area (Å²) in [5, 5.41) is 72.4. The summed E-state index contributed by atoms with van der Waals surface area (Å²) >= 11 is 0. The van der Waals surface area contributed by atoms with Crippen molar-refractivity contribution >= 4 is 5.97 Å². The fourth-order valence-corrected chi connectivity index (χ4v) is 8.27. The number of rotatable bonds is 46. The molecule has 14 heteroatoms. The van der Waals surface area contributed by atoms with Crippen LogP contribution in [0.4, 0.5) is 0 Å². The van der Waals surface area contributed by atoms with Crippen molar-refractivity contribution in [1.82, 2.24) is 0 Å². The minimum absolute atomic E-state index is 0.0132. The van der Waals surface area contributed by atoms with Crippen LogP contribution in [-0.4, -0.2) is 142 Å². The number of ether oxygens (including phenoxy) is 6. The molecule has 0 aromatic carbocycles. The Labute approximate surface area is 486 Å². The Kier molecular flexibility index (Phi) is 46.0. The molecule has 2 heterocycles. The SMILES string of the molecule is CC/C=C\C/C=C\C/C=C\C/C=C\C/C=C\C/C=C\C/C=C\CCCCCCOCC(COC1OC(COC2OC(CO)C(O)C(O)C2O)C(O)C(O)C1O)OC(=O)CCCC/C=C\C/C=C\C/C=C\C/C=C\C/C=C\C/C=C\CC. The van der Waals surface area contributed by atoms with Crippen LogP contribution in [0.25, 0.3) is 0 Å². The molecule has 2 aliphatic heterocycles. The van der Waals surface area contributed by atoms with Gasteiger partial charge < -0.3 is 64.2 Å². The van der Waals surface area contributed by atoms with Crippen LogP contribution in [0, 0.1) is 0 Å². The molecule has 2 aliphatic rings. The molecule has 0 aliphatic carbocycles. The summed E-state index contributed by atoms with van der Waals surface area (Å²) < 4.78 is 34.3. The molecule has 0 aromatic heterocycles. The third kappa shape index (κ3) is 37.4. The van der Waals surface area contributed by atoms with Crippen molar-refractivity contribution in [3.05, 3.63) is 158 Å². The Morgan fingerprint density at radius 1 is 0.407 bits per heavy atom. The highest BCUT2D eigenvalue weighted by Gasteiger charge is 2.47. The number of aliphatic hydroxyl groups excluding tert-OH is 7. The summed E-state index contributed by atoms with van der Waals surface area (Å²) in [4.78, 5) is 13.1. The molecule has 2 saturated heterocycles. The van der Waals surface area contributed by atoms with Gasteiger partial charge in [0, 0.05) is 13.0 Å². The van der Waals surface area contributed by atoms with E-state index in [9.17, 15) is 40.5 Å². The zero-order valence-corrected chi connectivity index (χ0v) is 48.9. The largest absolute Gasteiger partial charge is 0.457 e. The second-order valence-corrected chi connectivity index (χ2v) is 20.1. The summed E-state index contributed by atoms with van der Waals surface area (Å²) in [6.07, 6.45) is 60.1. The molecule has 14 nitrogen and oxygen atoms in total. The lowest BCUT2D eigenvalue weighted by molar-refractivity contribution is -0.332. The smallest absolute Gasteiger partial charge is 0.306 e. The maximum absolute atomic E-state index is 13.1. The molecule has 0 saturated carbocycles. The molecule has 0 amide bonds. The quantitative estimate of drug-likeness (QED) is 0.0172. The topological polar surface area (TPSA) is 214 Å². The van der Waals surface area contributed by atoms with E-state index < -0.39 is 86.7 Å². The predicted molar refractivity (Wildman–Crippen MR) is 325 cm³/mol. The molecule has 2 fully saturated rings. The van der Waals surface area contributed by atoms with Crippen molar-refractivity contribution in [3.63, 3.8) is 0 Å². The first-order valence-electron chi connectivity index (χ1n) is 30.1. The molecule has 2 rings (SSSR count). The zero-order valence-electron chi connectivity index (χ0n) is 48.9. The first kappa shape index (κ1) is 72.7. The van der Waals surface area contributed by atoms with E-state index in [0.717, 1.165) is 128 Å². The molecule has 7 N–H and O–H groups in total. The van der Waals surface area contributed by atoms with E-state index >= 15 is 0 Å². The van der Waals surface area contributed by atoms with Gasteiger partial charge in [-0.1, -0.05) is 185 Å². The highest BCUT2D eigenvalue weighted by Crippen LogP contribution is 2.26. The number of esters is 1. The second kappa shape index (κ2) is 51.3. The van der Waals surface area contributed by atoms with Gasteiger partial charge in [0.25, 0.3) is 0 Å². The van der Waals surface area contributed by atoms with Crippen molar-refractivity contribution < 1.29 is 69.0 Å². The lowest BCUT2D eigenvalue weighted by Gasteiger charge is -2.42. The summed E-state index contributed by atoms with van der Waals surface area (Å²) in [5.74, 6) is -0.435. The number of aliphatic hydroxyl groups is 7. The van der Waals surface area contributed by atoms with Gasteiger partial charge >= 0.3 is 5.97 Å². The Morgan fingerprint density at radius 3 is 1.19 bits per heavy atom. The van der Waals surface area contributed by atoms with Crippen LogP contribution in [0.15, 0.2) is 158 Å². The molecular weight excluding hydrogens is 1030 g/mol. The van der Waals surface area contributed by atoms with Gasteiger partial charge in [0.05, 0.1) is 26.4 Å². The number of allylic oxidation sites excluding steroid dienone is 26. The van der Waals surface area contributed by atoms with Crippen LogP contribution in [0.3, 0.4) is 0 Å². The average molecular weight is 1130 g/mol. The Balaban J connectivity index is 1.75.